The third-order valence-electron chi connectivity index (χ3n) is 2.05. The van der Waals surface area contributed by atoms with Gasteiger partial charge in [0.2, 0.25) is 0 Å². The maximum absolute atomic E-state index is 5.98. The molecule has 0 fully saturated rings. The summed E-state index contributed by atoms with van der Waals surface area (Å²) in [5.74, 6) is 1.42. The van der Waals surface area contributed by atoms with Gasteiger partial charge < -0.3 is 5.73 Å². The highest BCUT2D eigenvalue weighted by molar-refractivity contribution is 5.85. The van der Waals surface area contributed by atoms with E-state index in [0.717, 1.165) is 11.4 Å². The van der Waals surface area contributed by atoms with E-state index in [0.29, 0.717) is 5.82 Å². The molecule has 1 unspecified atom stereocenters. The Hall–Kier alpha value is -1.10. The van der Waals surface area contributed by atoms with Crippen LogP contribution in [-0.4, -0.2) is 15.2 Å². The van der Waals surface area contributed by atoms with Gasteiger partial charge in [-0.05, 0) is 12.5 Å². The number of nitrogens with two attached hydrogens (primary N) is 1. The molecule has 0 aliphatic heterocycles. The van der Waals surface area contributed by atoms with Crippen LogP contribution in [0, 0.1) is 6.92 Å². The minimum Gasteiger partial charge on any atom is -0.318 e. The predicted molar refractivity (Wildman–Crippen MR) is 68.1 cm³/mol. The van der Waals surface area contributed by atoms with Gasteiger partial charge >= 0.3 is 0 Å². The van der Waals surface area contributed by atoms with E-state index in [2.05, 4.69) is 15.2 Å². The van der Waals surface area contributed by atoms with E-state index in [1.54, 1.807) is 0 Å². The molecular weight excluding hydrogens is 247 g/mol. The maximum Gasteiger partial charge on any atom is 0.171 e. The second kappa shape index (κ2) is 6.48. The fourth-order valence-electron chi connectivity index (χ4n) is 1.31. The summed E-state index contributed by atoms with van der Waals surface area (Å²) >= 11 is 0. The number of benzene rings is 1. The zero-order valence-corrected chi connectivity index (χ0v) is 10.4. The van der Waals surface area contributed by atoms with Crippen molar-refractivity contribution in [2.45, 2.75) is 13.0 Å². The van der Waals surface area contributed by atoms with Crippen molar-refractivity contribution in [1.82, 2.24) is 15.2 Å². The van der Waals surface area contributed by atoms with E-state index in [1.165, 1.54) is 0 Å². The summed E-state index contributed by atoms with van der Waals surface area (Å²) in [5, 5.41) is 6.81. The second-order valence-corrected chi connectivity index (χ2v) is 3.17. The first kappa shape index (κ1) is 14.9. The molecule has 4 nitrogen and oxygen atoms in total. The first-order valence-corrected chi connectivity index (χ1v) is 4.47. The minimum atomic E-state index is -0.249. The van der Waals surface area contributed by atoms with E-state index in [4.69, 9.17) is 5.73 Å². The molecule has 1 aromatic heterocycles. The van der Waals surface area contributed by atoms with E-state index >= 15 is 0 Å². The number of H-pyrrole nitrogens is 1. The molecular formula is C10H14Cl2N4. The van der Waals surface area contributed by atoms with Crippen LogP contribution in [-0.2, 0) is 0 Å². The van der Waals surface area contributed by atoms with Crippen molar-refractivity contribution in [3.63, 3.8) is 0 Å². The van der Waals surface area contributed by atoms with E-state index < -0.39 is 0 Å². The smallest absolute Gasteiger partial charge is 0.171 e. The summed E-state index contributed by atoms with van der Waals surface area (Å²) < 4.78 is 0. The quantitative estimate of drug-likeness (QED) is 0.868. The van der Waals surface area contributed by atoms with Gasteiger partial charge in [-0.15, -0.1) is 24.8 Å². The molecule has 0 radical (unpaired) electrons. The third-order valence-corrected chi connectivity index (χ3v) is 2.05. The average molecular weight is 261 g/mol. The number of nitrogens with zero attached hydrogens (tertiary/aromatic N) is 2. The van der Waals surface area contributed by atoms with Crippen LogP contribution in [0.25, 0.3) is 0 Å². The molecule has 16 heavy (non-hydrogen) atoms. The topological polar surface area (TPSA) is 67.6 Å². The molecule has 1 heterocycles. The summed E-state index contributed by atoms with van der Waals surface area (Å²) in [4.78, 5) is 4.20. The number of halogens is 2. The van der Waals surface area contributed by atoms with Crippen LogP contribution in [0.4, 0.5) is 0 Å². The number of aromatic amines is 1. The Balaban J connectivity index is 0.00000112. The zero-order valence-electron chi connectivity index (χ0n) is 8.75. The van der Waals surface area contributed by atoms with Crippen molar-refractivity contribution >= 4 is 24.8 Å². The van der Waals surface area contributed by atoms with Crippen molar-refractivity contribution in [2.75, 3.05) is 0 Å². The van der Waals surface area contributed by atoms with Crippen LogP contribution in [0.2, 0.25) is 0 Å². The zero-order chi connectivity index (χ0) is 9.97. The van der Waals surface area contributed by atoms with Gasteiger partial charge in [0, 0.05) is 0 Å². The molecule has 1 atom stereocenters. The van der Waals surface area contributed by atoms with Crippen LogP contribution in [0.5, 0.6) is 0 Å². The largest absolute Gasteiger partial charge is 0.318 e. The molecule has 0 aliphatic rings. The summed E-state index contributed by atoms with van der Waals surface area (Å²) in [6.45, 7) is 1.86. The average Bonchev–Trinajstić information content (AvgIpc) is 2.65. The Morgan fingerprint density at radius 2 is 1.81 bits per heavy atom. The Labute approximate surface area is 106 Å². The molecule has 0 bridgehead atoms. The van der Waals surface area contributed by atoms with Gasteiger partial charge in [-0.1, -0.05) is 30.3 Å². The number of rotatable bonds is 2. The highest BCUT2D eigenvalue weighted by atomic mass is 35.5. The number of nitrogens with one attached hydrogen (secondary N) is 1. The van der Waals surface area contributed by atoms with Crippen LogP contribution in [0.1, 0.15) is 23.3 Å². The fourth-order valence-corrected chi connectivity index (χ4v) is 1.31. The predicted octanol–water partition coefficient (Wildman–Crippen LogP) is 2.00. The number of hydrogen-bond acceptors (Lipinski definition) is 3. The van der Waals surface area contributed by atoms with Crippen molar-refractivity contribution < 1.29 is 0 Å². The Kier molecular flexibility index (Phi) is 6.03. The molecule has 2 aromatic rings. The number of aryl methyl sites for hydroxylation is 1. The first-order chi connectivity index (χ1) is 6.77. The summed E-state index contributed by atoms with van der Waals surface area (Å²) in [6.07, 6.45) is 0. The van der Waals surface area contributed by atoms with Gasteiger partial charge in [0.15, 0.2) is 5.82 Å². The molecule has 0 saturated heterocycles. The van der Waals surface area contributed by atoms with Gasteiger partial charge in [0.05, 0.1) is 6.04 Å². The lowest BCUT2D eigenvalue weighted by molar-refractivity contribution is 0.787. The normalized spacial score (nSPS) is 11.1. The van der Waals surface area contributed by atoms with Crippen molar-refractivity contribution in [2.24, 2.45) is 5.73 Å². The van der Waals surface area contributed by atoms with Crippen molar-refractivity contribution in [1.29, 1.82) is 0 Å². The molecule has 6 heteroatoms. The van der Waals surface area contributed by atoms with E-state index in [1.807, 2.05) is 37.3 Å². The van der Waals surface area contributed by atoms with Gasteiger partial charge in [0.25, 0.3) is 0 Å². The Morgan fingerprint density at radius 1 is 1.19 bits per heavy atom. The van der Waals surface area contributed by atoms with Crippen molar-refractivity contribution in [3.8, 4) is 0 Å². The van der Waals surface area contributed by atoms with Crippen LogP contribution in [0.15, 0.2) is 30.3 Å². The molecule has 0 spiro atoms. The molecule has 0 amide bonds. The number of hydrogen-bond donors (Lipinski definition) is 2. The van der Waals surface area contributed by atoms with Gasteiger partial charge in [-0.25, -0.2) is 4.98 Å². The molecule has 88 valence electrons. The molecule has 2 rings (SSSR count). The summed E-state index contributed by atoms with van der Waals surface area (Å²) in [5.41, 5.74) is 7.00. The lowest BCUT2D eigenvalue weighted by Crippen LogP contribution is -2.13. The molecule has 1 aromatic carbocycles. The SMILES string of the molecule is Cc1nc(C(N)c2ccccc2)n[nH]1.Cl.Cl. The van der Waals surface area contributed by atoms with E-state index in [-0.39, 0.29) is 30.9 Å². The van der Waals surface area contributed by atoms with E-state index in [9.17, 15) is 0 Å². The van der Waals surface area contributed by atoms with Gasteiger partial charge in [-0.2, -0.15) is 5.10 Å². The second-order valence-electron chi connectivity index (χ2n) is 3.17. The fraction of sp³-hybridized carbons (Fsp3) is 0.200. The molecule has 0 aliphatic carbocycles. The maximum atomic E-state index is 5.98. The van der Waals surface area contributed by atoms with Crippen molar-refractivity contribution in [3.05, 3.63) is 47.5 Å². The third kappa shape index (κ3) is 3.20. The summed E-state index contributed by atoms with van der Waals surface area (Å²) in [7, 11) is 0. The highest BCUT2D eigenvalue weighted by Crippen LogP contribution is 2.14. The first-order valence-electron chi connectivity index (χ1n) is 4.47. The standard InChI is InChI=1S/C10H12N4.2ClH/c1-7-12-10(14-13-7)9(11)8-5-3-2-4-6-8;;/h2-6,9H,11H2,1H3,(H,12,13,14);2*1H. The van der Waals surface area contributed by atoms with Crippen LogP contribution >= 0.6 is 24.8 Å². The number of aromatic nitrogens is 3. The summed E-state index contributed by atoms with van der Waals surface area (Å²) in [6, 6.07) is 9.55. The van der Waals surface area contributed by atoms with Gasteiger partial charge in [-0.3, -0.25) is 5.10 Å². The Morgan fingerprint density at radius 3 is 2.31 bits per heavy atom. The van der Waals surface area contributed by atoms with Gasteiger partial charge in [0.1, 0.15) is 5.82 Å². The molecule has 3 N–H and O–H groups in total. The van der Waals surface area contributed by atoms with Crippen LogP contribution < -0.4 is 5.73 Å². The minimum absolute atomic E-state index is 0. The van der Waals surface area contributed by atoms with Crippen LogP contribution in [0.3, 0.4) is 0 Å². The lowest BCUT2D eigenvalue weighted by atomic mass is 10.1. The monoisotopic (exact) mass is 260 g/mol. The Bertz CT molecular complexity index is 416. The lowest BCUT2D eigenvalue weighted by Gasteiger charge is -2.06. The molecule has 0 saturated carbocycles. The highest BCUT2D eigenvalue weighted by Gasteiger charge is 2.12.